The van der Waals surface area contributed by atoms with Gasteiger partial charge in [0.05, 0.1) is 10.9 Å². The van der Waals surface area contributed by atoms with Crippen LogP contribution < -0.4 is 5.32 Å². The van der Waals surface area contributed by atoms with Crippen molar-refractivity contribution in [2.75, 3.05) is 12.9 Å². The third-order valence-electron chi connectivity index (χ3n) is 3.55. The molecule has 0 saturated heterocycles. The molecule has 6 nitrogen and oxygen atoms in total. The van der Waals surface area contributed by atoms with Crippen molar-refractivity contribution in [3.05, 3.63) is 41.0 Å². The van der Waals surface area contributed by atoms with Crippen LogP contribution in [-0.2, 0) is 20.4 Å². The Morgan fingerprint density at radius 1 is 1.33 bits per heavy atom. The Labute approximate surface area is 170 Å². The van der Waals surface area contributed by atoms with Gasteiger partial charge in [-0.15, -0.1) is 11.3 Å². The normalized spacial score (nSPS) is 14.1. The number of amides is 1. The SMILES string of the molecule is CS(=O)(=O)Cc1ncc(-c2ccc([C@H](O)[C@@H](CF)NC(=O)C(Cl)Cl)cc2)s1. The van der Waals surface area contributed by atoms with Crippen molar-refractivity contribution in [3.8, 4) is 10.4 Å². The molecule has 2 aromatic rings. The summed E-state index contributed by atoms with van der Waals surface area (Å²) in [5.41, 5.74) is 1.16. The Hall–Kier alpha value is -1.26. The third kappa shape index (κ3) is 6.39. The zero-order valence-corrected chi connectivity index (χ0v) is 17.2. The Bertz CT molecular complexity index is 888. The van der Waals surface area contributed by atoms with Crippen LogP contribution in [0.5, 0.6) is 0 Å². The number of hydrogen-bond donors (Lipinski definition) is 2. The molecule has 11 heteroatoms. The van der Waals surface area contributed by atoms with Crippen molar-refractivity contribution in [1.29, 1.82) is 0 Å². The molecule has 2 atom stereocenters. The number of aliphatic hydroxyl groups excluding tert-OH is 1. The molecule has 0 aliphatic rings. The second kappa shape index (κ2) is 9.29. The van der Waals surface area contributed by atoms with Crippen molar-refractivity contribution in [1.82, 2.24) is 10.3 Å². The molecule has 0 fully saturated rings. The van der Waals surface area contributed by atoms with Crippen LogP contribution >= 0.6 is 34.5 Å². The topological polar surface area (TPSA) is 96.4 Å². The number of carbonyl (C=O) groups is 1. The molecule has 0 aliphatic carbocycles. The van der Waals surface area contributed by atoms with Gasteiger partial charge in [-0.05, 0) is 11.1 Å². The molecule has 0 spiro atoms. The number of carbonyl (C=O) groups excluding carboxylic acids is 1. The highest BCUT2D eigenvalue weighted by Crippen LogP contribution is 2.29. The highest BCUT2D eigenvalue weighted by molar-refractivity contribution is 7.90. The van der Waals surface area contributed by atoms with Gasteiger partial charge in [0, 0.05) is 12.5 Å². The maximum atomic E-state index is 13.2. The summed E-state index contributed by atoms with van der Waals surface area (Å²) in [5.74, 6) is -0.922. The number of nitrogens with one attached hydrogen (secondary N) is 1. The van der Waals surface area contributed by atoms with Crippen molar-refractivity contribution in [2.24, 2.45) is 0 Å². The molecule has 148 valence electrons. The summed E-state index contributed by atoms with van der Waals surface area (Å²) in [4.78, 5) is 15.0. The predicted molar refractivity (Wildman–Crippen MR) is 104 cm³/mol. The molecule has 0 radical (unpaired) electrons. The smallest absolute Gasteiger partial charge is 0.253 e. The van der Waals surface area contributed by atoms with Crippen molar-refractivity contribution in [2.45, 2.75) is 22.7 Å². The van der Waals surface area contributed by atoms with Crippen LogP contribution in [0.2, 0.25) is 0 Å². The number of sulfone groups is 1. The number of nitrogens with zero attached hydrogens (tertiary/aromatic N) is 1. The van der Waals surface area contributed by atoms with E-state index in [1.807, 2.05) is 0 Å². The Morgan fingerprint density at radius 3 is 2.48 bits per heavy atom. The number of aliphatic hydroxyl groups is 1. The number of aromatic nitrogens is 1. The van der Waals surface area contributed by atoms with Crippen molar-refractivity contribution >= 4 is 50.3 Å². The van der Waals surface area contributed by atoms with E-state index in [0.29, 0.717) is 10.6 Å². The Kier molecular flexibility index (Phi) is 7.58. The van der Waals surface area contributed by atoms with Crippen LogP contribution in [0.4, 0.5) is 4.39 Å². The molecule has 27 heavy (non-hydrogen) atoms. The molecule has 2 rings (SSSR count). The molecule has 0 unspecified atom stereocenters. The molecule has 1 amide bonds. The van der Waals surface area contributed by atoms with Gasteiger partial charge in [0.2, 0.25) is 0 Å². The summed E-state index contributed by atoms with van der Waals surface area (Å²) in [5, 5.41) is 13.0. The lowest BCUT2D eigenvalue weighted by atomic mass is 10.0. The molecular formula is C16H17Cl2FN2O4S2. The molecule has 0 bridgehead atoms. The van der Waals surface area contributed by atoms with E-state index in [4.69, 9.17) is 23.2 Å². The van der Waals surface area contributed by atoms with Crippen LogP contribution in [-0.4, -0.2) is 48.2 Å². The zero-order valence-electron chi connectivity index (χ0n) is 14.1. The van der Waals surface area contributed by atoms with Gasteiger partial charge in [0.15, 0.2) is 14.7 Å². The van der Waals surface area contributed by atoms with Gasteiger partial charge < -0.3 is 10.4 Å². The van der Waals surface area contributed by atoms with E-state index in [1.54, 1.807) is 30.5 Å². The number of benzene rings is 1. The van der Waals surface area contributed by atoms with Gasteiger partial charge in [-0.1, -0.05) is 47.5 Å². The summed E-state index contributed by atoms with van der Waals surface area (Å²) in [7, 11) is -3.17. The van der Waals surface area contributed by atoms with Crippen LogP contribution in [0.3, 0.4) is 0 Å². The fraction of sp³-hybridized carbons (Fsp3) is 0.375. The molecule has 1 heterocycles. The number of rotatable bonds is 8. The van der Waals surface area contributed by atoms with Crippen LogP contribution in [0, 0.1) is 0 Å². The second-order valence-corrected chi connectivity index (χ2v) is 10.2. The standard InChI is InChI=1S/C16H17Cl2FN2O4S2/c1-27(24,25)8-13-20-7-12(26-13)9-2-4-10(5-3-9)14(22)11(6-19)21-16(23)15(17)18/h2-5,7,11,14-15,22H,6,8H2,1H3,(H,21,23)/t11-,14+/m1/s1. The first-order valence-corrected chi connectivity index (χ1v) is 11.4. The van der Waals surface area contributed by atoms with Gasteiger partial charge >= 0.3 is 0 Å². The van der Waals surface area contributed by atoms with E-state index in [0.717, 1.165) is 16.7 Å². The number of thiazole rings is 1. The number of alkyl halides is 3. The van der Waals surface area contributed by atoms with E-state index >= 15 is 0 Å². The van der Waals surface area contributed by atoms with E-state index < -0.39 is 39.4 Å². The van der Waals surface area contributed by atoms with Gasteiger partial charge in [0.1, 0.15) is 23.5 Å². The van der Waals surface area contributed by atoms with Crippen molar-refractivity contribution < 1.29 is 22.7 Å². The molecular weight excluding hydrogens is 438 g/mol. The summed E-state index contributed by atoms with van der Waals surface area (Å²) >= 11 is 12.1. The zero-order chi connectivity index (χ0) is 20.2. The van der Waals surface area contributed by atoms with Crippen molar-refractivity contribution in [3.63, 3.8) is 0 Å². The average molecular weight is 455 g/mol. The molecule has 1 aromatic carbocycles. The van der Waals surface area contributed by atoms with Crippen LogP contribution in [0.25, 0.3) is 10.4 Å². The minimum atomic E-state index is -3.17. The second-order valence-electron chi connectivity index (χ2n) is 5.83. The Morgan fingerprint density at radius 2 is 1.96 bits per heavy atom. The molecule has 1 aromatic heterocycles. The van der Waals surface area contributed by atoms with Crippen LogP contribution in [0.1, 0.15) is 16.7 Å². The fourth-order valence-electron chi connectivity index (χ4n) is 2.26. The maximum absolute atomic E-state index is 13.2. The first-order chi connectivity index (χ1) is 12.6. The monoisotopic (exact) mass is 454 g/mol. The average Bonchev–Trinajstić information content (AvgIpc) is 3.05. The molecule has 2 N–H and O–H groups in total. The molecule has 0 aliphatic heterocycles. The lowest BCUT2D eigenvalue weighted by Crippen LogP contribution is -2.43. The third-order valence-corrected chi connectivity index (χ3v) is 5.97. The lowest BCUT2D eigenvalue weighted by Gasteiger charge is -2.22. The minimum absolute atomic E-state index is 0.130. The van der Waals surface area contributed by atoms with Gasteiger partial charge in [0.25, 0.3) is 5.91 Å². The van der Waals surface area contributed by atoms with Gasteiger partial charge in [-0.2, -0.15) is 0 Å². The van der Waals surface area contributed by atoms with Gasteiger partial charge in [-0.25, -0.2) is 17.8 Å². The lowest BCUT2D eigenvalue weighted by molar-refractivity contribution is -0.121. The fourth-order valence-corrected chi connectivity index (χ4v) is 4.50. The highest BCUT2D eigenvalue weighted by atomic mass is 35.5. The quantitative estimate of drug-likeness (QED) is 0.597. The summed E-state index contributed by atoms with van der Waals surface area (Å²) in [6, 6.07) is 5.37. The van der Waals surface area contributed by atoms with E-state index in [2.05, 4.69) is 10.3 Å². The summed E-state index contributed by atoms with van der Waals surface area (Å²) in [6.07, 6.45) is 1.42. The number of hydrogen-bond acceptors (Lipinski definition) is 6. The summed E-state index contributed by atoms with van der Waals surface area (Å²) in [6.45, 7) is -1.00. The number of halogens is 3. The van der Waals surface area contributed by atoms with Crippen LogP contribution in [0.15, 0.2) is 30.5 Å². The summed E-state index contributed by atoms with van der Waals surface area (Å²) < 4.78 is 35.9. The molecule has 0 saturated carbocycles. The highest BCUT2D eigenvalue weighted by Gasteiger charge is 2.25. The first-order valence-electron chi connectivity index (χ1n) is 7.66. The largest absolute Gasteiger partial charge is 0.386 e. The van der Waals surface area contributed by atoms with Gasteiger partial charge in [-0.3, -0.25) is 4.79 Å². The van der Waals surface area contributed by atoms with E-state index in [1.165, 1.54) is 11.3 Å². The minimum Gasteiger partial charge on any atom is -0.386 e. The first kappa shape index (κ1) is 22.0. The maximum Gasteiger partial charge on any atom is 0.253 e. The van der Waals surface area contributed by atoms with E-state index in [9.17, 15) is 22.7 Å². The predicted octanol–water partition coefficient (Wildman–Crippen LogP) is 2.65. The Balaban J connectivity index is 2.13. The van der Waals surface area contributed by atoms with E-state index in [-0.39, 0.29) is 5.75 Å².